The van der Waals surface area contributed by atoms with Gasteiger partial charge in [0.15, 0.2) is 0 Å². The molecule has 0 saturated heterocycles. The molecule has 0 unspecified atom stereocenters. The lowest BCUT2D eigenvalue weighted by Gasteiger charge is -2.09. The molecule has 0 saturated carbocycles. The van der Waals surface area contributed by atoms with Gasteiger partial charge in [-0.1, -0.05) is 42.5 Å². The maximum absolute atomic E-state index is 13.4. The topological polar surface area (TPSA) is 76.0 Å². The van der Waals surface area contributed by atoms with Crippen LogP contribution in [0.15, 0.2) is 97.1 Å². The van der Waals surface area contributed by atoms with Crippen LogP contribution in [0, 0.1) is 12.7 Å². The lowest BCUT2D eigenvalue weighted by molar-refractivity contribution is -0.120. The average molecular weight is 493 g/mol. The number of aromatic nitrogens is 2. The fourth-order valence-electron chi connectivity index (χ4n) is 4.21. The molecule has 4 aromatic carbocycles. The Morgan fingerprint density at radius 2 is 1.59 bits per heavy atom. The third-order valence-corrected chi connectivity index (χ3v) is 6.08. The zero-order valence-electron chi connectivity index (χ0n) is 20.2. The van der Waals surface area contributed by atoms with E-state index in [9.17, 15) is 14.0 Å². The Balaban J connectivity index is 1.25. The summed E-state index contributed by atoms with van der Waals surface area (Å²) in [4.78, 5) is 29.8. The number of carbonyl (C=O) groups is 2. The zero-order valence-corrected chi connectivity index (χ0v) is 20.2. The first kappa shape index (κ1) is 23.9. The number of amides is 2. The maximum Gasteiger partial charge on any atom is 0.255 e. The molecule has 2 amide bonds. The molecule has 184 valence electrons. The number of imidazole rings is 1. The first-order chi connectivity index (χ1) is 18.0. The second-order valence-corrected chi connectivity index (χ2v) is 8.76. The molecule has 0 bridgehead atoms. The summed E-state index contributed by atoms with van der Waals surface area (Å²) in [6.07, 6.45) is 0.254. The minimum atomic E-state index is -0.315. The monoisotopic (exact) mass is 492 g/mol. The second kappa shape index (κ2) is 10.5. The quantitative estimate of drug-likeness (QED) is 0.311. The van der Waals surface area contributed by atoms with Gasteiger partial charge in [-0.25, -0.2) is 9.37 Å². The fraction of sp³-hybridized carbons (Fsp3) is 0.100. The molecule has 0 aliphatic carbocycles. The highest BCUT2D eigenvalue weighted by Gasteiger charge is 2.14. The van der Waals surface area contributed by atoms with Gasteiger partial charge in [-0.05, 0) is 72.6 Å². The number of halogens is 1. The SMILES string of the molecule is Cc1nc2ccc(C(=O)Nc3ccc(CC(=O)NCc4ccccc4)cc3)cc2n1-c1ccc(F)cc1. The standard InChI is InChI=1S/C30H25FN4O2/c1-20-33-27-16-9-23(18-28(27)35(20)26-14-10-24(31)11-15-26)30(37)34-25-12-7-21(8-13-25)17-29(36)32-19-22-5-3-2-4-6-22/h2-16,18H,17,19H2,1H3,(H,32,36)(H,34,37). The number of anilines is 1. The highest BCUT2D eigenvalue weighted by atomic mass is 19.1. The van der Waals surface area contributed by atoms with Crippen molar-refractivity contribution >= 4 is 28.5 Å². The second-order valence-electron chi connectivity index (χ2n) is 8.76. The molecule has 1 heterocycles. The molecular weight excluding hydrogens is 467 g/mol. The van der Waals surface area contributed by atoms with E-state index in [-0.39, 0.29) is 24.1 Å². The van der Waals surface area contributed by atoms with Gasteiger partial charge in [-0.3, -0.25) is 14.2 Å². The first-order valence-corrected chi connectivity index (χ1v) is 11.9. The van der Waals surface area contributed by atoms with E-state index < -0.39 is 0 Å². The summed E-state index contributed by atoms with van der Waals surface area (Å²) in [5, 5.41) is 5.82. The fourth-order valence-corrected chi connectivity index (χ4v) is 4.21. The molecule has 0 aliphatic rings. The third-order valence-electron chi connectivity index (χ3n) is 6.08. The van der Waals surface area contributed by atoms with E-state index in [1.807, 2.05) is 54.0 Å². The van der Waals surface area contributed by atoms with E-state index in [0.717, 1.165) is 33.7 Å². The third kappa shape index (κ3) is 5.56. The van der Waals surface area contributed by atoms with Crippen molar-refractivity contribution in [1.29, 1.82) is 0 Å². The molecule has 6 nitrogen and oxygen atoms in total. The van der Waals surface area contributed by atoms with E-state index >= 15 is 0 Å². The van der Waals surface area contributed by atoms with Crippen LogP contribution in [0.3, 0.4) is 0 Å². The van der Waals surface area contributed by atoms with Crippen LogP contribution in [0.25, 0.3) is 16.7 Å². The molecule has 0 atom stereocenters. The Kier molecular flexibility index (Phi) is 6.76. The Morgan fingerprint density at radius 3 is 2.32 bits per heavy atom. The van der Waals surface area contributed by atoms with E-state index in [1.54, 1.807) is 42.5 Å². The molecule has 5 rings (SSSR count). The lowest BCUT2D eigenvalue weighted by Crippen LogP contribution is -2.24. The summed E-state index contributed by atoms with van der Waals surface area (Å²) in [5.74, 6) is 0.0917. The van der Waals surface area contributed by atoms with Gasteiger partial charge in [0, 0.05) is 23.5 Å². The van der Waals surface area contributed by atoms with Gasteiger partial charge >= 0.3 is 0 Å². The zero-order chi connectivity index (χ0) is 25.8. The van der Waals surface area contributed by atoms with Crippen LogP contribution in [0.4, 0.5) is 10.1 Å². The van der Waals surface area contributed by atoms with Crippen LogP contribution in [0.2, 0.25) is 0 Å². The van der Waals surface area contributed by atoms with Gasteiger partial charge in [0.2, 0.25) is 5.91 Å². The number of nitrogens with zero attached hydrogens (tertiary/aromatic N) is 2. The van der Waals surface area contributed by atoms with E-state index in [2.05, 4.69) is 15.6 Å². The van der Waals surface area contributed by atoms with E-state index in [0.29, 0.717) is 17.8 Å². The Bertz CT molecular complexity index is 1560. The minimum absolute atomic E-state index is 0.0676. The smallest absolute Gasteiger partial charge is 0.255 e. The van der Waals surface area contributed by atoms with E-state index in [1.165, 1.54) is 12.1 Å². The number of hydrogen-bond acceptors (Lipinski definition) is 3. The van der Waals surface area contributed by atoms with Crippen molar-refractivity contribution in [3.05, 3.63) is 125 Å². The van der Waals surface area contributed by atoms with Crippen LogP contribution in [0.1, 0.15) is 27.3 Å². The van der Waals surface area contributed by atoms with Crippen LogP contribution >= 0.6 is 0 Å². The predicted molar refractivity (Wildman–Crippen MR) is 142 cm³/mol. The van der Waals surface area contributed by atoms with Gasteiger partial charge in [-0.2, -0.15) is 0 Å². The first-order valence-electron chi connectivity index (χ1n) is 11.9. The molecule has 0 aliphatic heterocycles. The van der Waals surface area contributed by atoms with Crippen LogP contribution in [0.5, 0.6) is 0 Å². The highest BCUT2D eigenvalue weighted by Crippen LogP contribution is 2.23. The summed E-state index contributed by atoms with van der Waals surface area (Å²) in [6, 6.07) is 28.4. The summed E-state index contributed by atoms with van der Waals surface area (Å²) in [5.41, 5.74) is 5.26. The Morgan fingerprint density at radius 1 is 0.865 bits per heavy atom. The number of nitrogens with one attached hydrogen (secondary N) is 2. The highest BCUT2D eigenvalue weighted by molar-refractivity contribution is 6.06. The number of aryl methyl sites for hydroxylation is 1. The number of benzene rings is 4. The summed E-state index contributed by atoms with van der Waals surface area (Å²) in [6.45, 7) is 2.35. The van der Waals surface area contributed by atoms with Gasteiger partial charge in [0.05, 0.1) is 17.5 Å². The van der Waals surface area contributed by atoms with Gasteiger partial charge in [-0.15, -0.1) is 0 Å². The average Bonchev–Trinajstić information content (AvgIpc) is 3.24. The maximum atomic E-state index is 13.4. The van der Waals surface area contributed by atoms with Crippen molar-refractivity contribution in [3.63, 3.8) is 0 Å². The van der Waals surface area contributed by atoms with Gasteiger partial charge in [0.1, 0.15) is 11.6 Å². The largest absolute Gasteiger partial charge is 0.352 e. The molecule has 0 radical (unpaired) electrons. The number of carbonyl (C=O) groups excluding carboxylic acids is 2. The Hall–Kier alpha value is -4.78. The summed E-state index contributed by atoms with van der Waals surface area (Å²) < 4.78 is 15.3. The van der Waals surface area contributed by atoms with Gasteiger partial charge < -0.3 is 10.6 Å². The molecule has 37 heavy (non-hydrogen) atoms. The number of hydrogen-bond donors (Lipinski definition) is 2. The van der Waals surface area contributed by atoms with Crippen LogP contribution < -0.4 is 10.6 Å². The molecule has 2 N–H and O–H groups in total. The van der Waals surface area contributed by atoms with Crippen LogP contribution in [-0.2, 0) is 17.8 Å². The van der Waals surface area contributed by atoms with Crippen LogP contribution in [-0.4, -0.2) is 21.4 Å². The van der Waals surface area contributed by atoms with Gasteiger partial charge in [0.25, 0.3) is 5.91 Å². The van der Waals surface area contributed by atoms with E-state index in [4.69, 9.17) is 0 Å². The Labute approximate surface area is 213 Å². The minimum Gasteiger partial charge on any atom is -0.352 e. The molecule has 1 aromatic heterocycles. The lowest BCUT2D eigenvalue weighted by atomic mass is 10.1. The number of fused-ring (bicyclic) bond motifs is 1. The molecule has 7 heteroatoms. The van der Waals surface area contributed by atoms with Crippen molar-refractivity contribution in [1.82, 2.24) is 14.9 Å². The molecule has 0 spiro atoms. The van der Waals surface area contributed by atoms with Crippen molar-refractivity contribution in [2.24, 2.45) is 0 Å². The molecule has 0 fully saturated rings. The van der Waals surface area contributed by atoms with Crippen molar-refractivity contribution in [2.45, 2.75) is 19.9 Å². The predicted octanol–water partition coefficient (Wildman–Crippen LogP) is 5.58. The molecular formula is C30H25FN4O2. The van der Waals surface area contributed by atoms with Crippen molar-refractivity contribution in [2.75, 3.05) is 5.32 Å². The van der Waals surface area contributed by atoms with Crippen molar-refractivity contribution < 1.29 is 14.0 Å². The summed E-state index contributed by atoms with van der Waals surface area (Å²) in [7, 11) is 0. The summed E-state index contributed by atoms with van der Waals surface area (Å²) >= 11 is 0. The molecule has 5 aromatic rings. The van der Waals surface area contributed by atoms with Crippen molar-refractivity contribution in [3.8, 4) is 5.69 Å². The number of rotatable bonds is 7. The normalized spacial score (nSPS) is 10.9.